The molecule has 1 heterocycles. The molecule has 0 spiro atoms. The Morgan fingerprint density at radius 1 is 1.47 bits per heavy atom. The lowest BCUT2D eigenvalue weighted by Crippen LogP contribution is -2.25. The molecule has 1 rings (SSSR count). The van der Waals surface area contributed by atoms with Gasteiger partial charge in [-0.2, -0.15) is 0 Å². The quantitative estimate of drug-likeness (QED) is 0.815. The monoisotopic (exact) mass is 242 g/mol. The summed E-state index contributed by atoms with van der Waals surface area (Å²) in [5, 5.41) is 8.78. The van der Waals surface area contributed by atoms with Gasteiger partial charge >= 0.3 is 0 Å². The topological polar surface area (TPSA) is 68.9 Å². The number of rotatable bonds is 6. The van der Waals surface area contributed by atoms with E-state index in [0.717, 1.165) is 0 Å². The molecule has 17 heavy (non-hydrogen) atoms. The Labute approximate surface area is 100.0 Å². The molecule has 0 aliphatic heterocycles. The van der Waals surface area contributed by atoms with Crippen molar-refractivity contribution in [3.63, 3.8) is 0 Å². The minimum atomic E-state index is -0.299. The van der Waals surface area contributed by atoms with Crippen LogP contribution in [0.3, 0.4) is 0 Å². The van der Waals surface area contributed by atoms with Gasteiger partial charge in [-0.05, 0) is 13.8 Å². The molecule has 0 saturated carbocycles. The third kappa shape index (κ3) is 4.20. The highest BCUT2D eigenvalue weighted by molar-refractivity contribution is 5.17. The van der Waals surface area contributed by atoms with Crippen molar-refractivity contribution in [3.8, 4) is 5.75 Å². The average molecular weight is 242 g/mol. The van der Waals surface area contributed by atoms with Gasteiger partial charge in [0.25, 0.3) is 0 Å². The Balaban J connectivity index is 2.56. The van der Waals surface area contributed by atoms with Gasteiger partial charge in [0.15, 0.2) is 0 Å². The van der Waals surface area contributed by atoms with E-state index in [-0.39, 0.29) is 29.1 Å². The molecule has 0 unspecified atom stereocenters. The van der Waals surface area contributed by atoms with Crippen molar-refractivity contribution in [2.24, 2.45) is 0 Å². The lowest BCUT2D eigenvalue weighted by molar-refractivity contribution is 0.00517. The Hall–Kier alpha value is -1.33. The van der Waals surface area contributed by atoms with Crippen LogP contribution in [0.2, 0.25) is 0 Å². The molecule has 0 atom stereocenters. The maximum absolute atomic E-state index is 11.5. The van der Waals surface area contributed by atoms with E-state index in [9.17, 15) is 4.79 Å². The van der Waals surface area contributed by atoms with E-state index >= 15 is 0 Å². The van der Waals surface area contributed by atoms with Gasteiger partial charge in [0.05, 0.1) is 12.2 Å². The summed E-state index contributed by atoms with van der Waals surface area (Å²) in [7, 11) is 1.63. The molecular weight excluding hydrogens is 224 g/mol. The normalized spacial score (nSPS) is 11.5. The summed E-state index contributed by atoms with van der Waals surface area (Å²) in [5.74, 6) is 0.369. The van der Waals surface area contributed by atoms with Crippen molar-refractivity contribution in [2.75, 3.05) is 13.7 Å². The molecule has 0 saturated heterocycles. The first kappa shape index (κ1) is 13.7. The summed E-state index contributed by atoms with van der Waals surface area (Å²) in [6, 6.07) is 1.22. The Morgan fingerprint density at radius 3 is 2.71 bits per heavy atom. The number of hydrogen-bond acceptors (Lipinski definition) is 5. The van der Waals surface area contributed by atoms with E-state index in [0.29, 0.717) is 13.0 Å². The van der Waals surface area contributed by atoms with E-state index in [1.807, 2.05) is 13.8 Å². The highest BCUT2D eigenvalue weighted by Gasteiger charge is 2.16. The zero-order valence-electron chi connectivity index (χ0n) is 10.4. The fourth-order valence-electron chi connectivity index (χ4n) is 1.14. The highest BCUT2D eigenvalue weighted by atomic mass is 16.5. The molecule has 0 aliphatic rings. The SMILES string of the molecule is COC(C)(C)CCOc1coc(CO)cc1=O. The van der Waals surface area contributed by atoms with Crippen molar-refractivity contribution < 1.29 is 19.0 Å². The Morgan fingerprint density at radius 2 is 2.18 bits per heavy atom. The molecule has 5 nitrogen and oxygen atoms in total. The molecule has 0 fully saturated rings. The van der Waals surface area contributed by atoms with Crippen LogP contribution in [0.1, 0.15) is 26.0 Å². The maximum atomic E-state index is 11.5. The van der Waals surface area contributed by atoms with Crippen LogP contribution in [0.15, 0.2) is 21.5 Å². The zero-order valence-corrected chi connectivity index (χ0v) is 10.4. The highest BCUT2D eigenvalue weighted by Crippen LogP contribution is 2.14. The summed E-state index contributed by atoms with van der Waals surface area (Å²) >= 11 is 0. The van der Waals surface area contributed by atoms with E-state index in [2.05, 4.69) is 0 Å². The van der Waals surface area contributed by atoms with Crippen LogP contribution in [0.5, 0.6) is 5.75 Å². The largest absolute Gasteiger partial charge is 0.487 e. The van der Waals surface area contributed by atoms with Gasteiger partial charge in [0, 0.05) is 19.6 Å². The van der Waals surface area contributed by atoms with Crippen molar-refractivity contribution in [3.05, 3.63) is 28.3 Å². The zero-order chi connectivity index (χ0) is 12.9. The Kier molecular flexibility index (Phi) is 4.72. The second-order valence-corrected chi connectivity index (χ2v) is 4.30. The van der Waals surface area contributed by atoms with E-state index in [1.54, 1.807) is 7.11 Å². The number of methoxy groups -OCH3 is 1. The molecule has 96 valence electrons. The van der Waals surface area contributed by atoms with Gasteiger partial charge in [0.2, 0.25) is 11.2 Å². The van der Waals surface area contributed by atoms with Crippen molar-refractivity contribution >= 4 is 0 Å². The van der Waals surface area contributed by atoms with Gasteiger partial charge in [-0.15, -0.1) is 0 Å². The predicted molar refractivity (Wildman–Crippen MR) is 62.1 cm³/mol. The van der Waals surface area contributed by atoms with Crippen LogP contribution in [0, 0.1) is 0 Å². The molecule has 0 radical (unpaired) electrons. The maximum Gasteiger partial charge on any atom is 0.227 e. The summed E-state index contributed by atoms with van der Waals surface area (Å²) in [6.07, 6.45) is 1.87. The fraction of sp³-hybridized carbons (Fsp3) is 0.583. The molecule has 5 heteroatoms. The van der Waals surface area contributed by atoms with Gasteiger partial charge in [-0.1, -0.05) is 0 Å². The van der Waals surface area contributed by atoms with Crippen molar-refractivity contribution in [1.82, 2.24) is 0 Å². The molecule has 0 bridgehead atoms. The van der Waals surface area contributed by atoms with Crippen molar-refractivity contribution in [2.45, 2.75) is 32.5 Å². The second-order valence-electron chi connectivity index (χ2n) is 4.30. The van der Waals surface area contributed by atoms with Gasteiger partial charge in [0.1, 0.15) is 18.6 Å². The summed E-state index contributed by atoms with van der Waals surface area (Å²) in [6.45, 7) is 3.94. The first-order chi connectivity index (χ1) is 7.98. The number of aliphatic hydroxyl groups is 1. The summed E-state index contributed by atoms with van der Waals surface area (Å²) in [4.78, 5) is 11.5. The fourth-order valence-corrected chi connectivity index (χ4v) is 1.14. The van der Waals surface area contributed by atoms with Crippen molar-refractivity contribution in [1.29, 1.82) is 0 Å². The number of hydrogen-bond donors (Lipinski definition) is 1. The first-order valence-electron chi connectivity index (χ1n) is 5.39. The first-order valence-corrected chi connectivity index (χ1v) is 5.39. The van der Waals surface area contributed by atoms with Gasteiger partial charge in [-0.25, -0.2) is 0 Å². The van der Waals surface area contributed by atoms with Gasteiger partial charge < -0.3 is 19.0 Å². The third-order valence-corrected chi connectivity index (χ3v) is 2.52. The predicted octanol–water partition coefficient (Wildman–Crippen LogP) is 1.33. The van der Waals surface area contributed by atoms with Gasteiger partial charge in [-0.3, -0.25) is 4.79 Å². The summed E-state index contributed by atoms with van der Waals surface area (Å²) in [5.41, 5.74) is -0.582. The van der Waals surface area contributed by atoms with E-state index in [1.165, 1.54) is 12.3 Å². The summed E-state index contributed by atoms with van der Waals surface area (Å²) < 4.78 is 15.5. The molecular formula is C12H18O5. The minimum Gasteiger partial charge on any atom is -0.487 e. The van der Waals surface area contributed by atoms with E-state index in [4.69, 9.17) is 19.0 Å². The number of ether oxygens (including phenoxy) is 2. The van der Waals surface area contributed by atoms with Crippen LogP contribution in [-0.2, 0) is 11.3 Å². The Bertz CT molecular complexity index is 408. The molecule has 1 aromatic heterocycles. The number of aliphatic hydroxyl groups excluding tert-OH is 1. The lowest BCUT2D eigenvalue weighted by atomic mass is 10.1. The smallest absolute Gasteiger partial charge is 0.227 e. The van der Waals surface area contributed by atoms with Crippen LogP contribution >= 0.6 is 0 Å². The molecule has 0 amide bonds. The average Bonchev–Trinajstić information content (AvgIpc) is 2.31. The molecule has 0 aromatic carbocycles. The van der Waals surface area contributed by atoms with E-state index < -0.39 is 0 Å². The minimum absolute atomic E-state index is 0.147. The second kappa shape index (κ2) is 5.84. The van der Waals surface area contributed by atoms with Crippen LogP contribution < -0.4 is 10.2 Å². The third-order valence-electron chi connectivity index (χ3n) is 2.52. The van der Waals surface area contributed by atoms with Crippen LogP contribution in [-0.4, -0.2) is 24.4 Å². The van der Waals surface area contributed by atoms with Crippen LogP contribution in [0.4, 0.5) is 0 Å². The lowest BCUT2D eigenvalue weighted by Gasteiger charge is -2.22. The molecule has 1 N–H and O–H groups in total. The standard InChI is InChI=1S/C12H18O5/c1-12(2,15-3)4-5-16-11-8-17-9(7-13)6-10(11)14/h6,8,13H,4-5,7H2,1-3H3. The molecule has 1 aromatic rings. The van der Waals surface area contributed by atoms with Crippen LogP contribution in [0.25, 0.3) is 0 Å². The molecule has 0 aliphatic carbocycles.